The van der Waals surface area contributed by atoms with Crippen molar-refractivity contribution in [3.63, 3.8) is 0 Å². The van der Waals surface area contributed by atoms with Crippen molar-refractivity contribution in [2.45, 2.75) is 26.8 Å². The Hall–Kier alpha value is -0.280. The Morgan fingerprint density at radius 2 is 2.00 bits per heavy atom. The number of hydrogen-bond acceptors (Lipinski definition) is 2. The first-order valence-electron chi connectivity index (χ1n) is 5.70. The number of hydrogen-bond donors (Lipinski definition) is 2. The molecule has 0 atom stereocenters. The fourth-order valence-electron chi connectivity index (χ4n) is 1.61. The number of aliphatic hydroxyl groups is 1. The van der Waals surface area contributed by atoms with Crippen LogP contribution < -0.4 is 5.32 Å². The average molecular weight is 276 g/mol. The van der Waals surface area contributed by atoms with Crippen LogP contribution in [0.5, 0.6) is 0 Å². The molecule has 2 nitrogen and oxygen atoms in total. The summed E-state index contributed by atoms with van der Waals surface area (Å²) in [6.07, 6.45) is 0.781. The van der Waals surface area contributed by atoms with Gasteiger partial charge in [-0.05, 0) is 35.6 Å². The molecule has 0 unspecified atom stereocenters. The van der Waals surface area contributed by atoms with Crippen molar-refractivity contribution >= 4 is 23.2 Å². The van der Waals surface area contributed by atoms with Gasteiger partial charge in [0.1, 0.15) is 0 Å². The molecule has 1 aromatic carbocycles. The summed E-state index contributed by atoms with van der Waals surface area (Å²) in [7, 11) is 0. The van der Waals surface area contributed by atoms with Gasteiger partial charge in [-0.2, -0.15) is 0 Å². The maximum atomic E-state index is 8.93. The second-order valence-electron chi connectivity index (χ2n) is 4.98. The molecule has 0 spiro atoms. The van der Waals surface area contributed by atoms with E-state index in [9.17, 15) is 0 Å². The van der Waals surface area contributed by atoms with Gasteiger partial charge in [0.05, 0.1) is 0 Å². The third-order valence-corrected chi connectivity index (χ3v) is 3.32. The summed E-state index contributed by atoms with van der Waals surface area (Å²) in [6, 6.07) is 5.46. The SMILES string of the molecule is CC(C)(CCO)CNCc1cc(Cl)ccc1Cl. The van der Waals surface area contributed by atoms with E-state index in [-0.39, 0.29) is 12.0 Å². The third kappa shape index (κ3) is 5.26. The molecule has 0 saturated carbocycles. The van der Waals surface area contributed by atoms with Gasteiger partial charge >= 0.3 is 0 Å². The predicted molar refractivity (Wildman–Crippen MR) is 73.7 cm³/mol. The lowest BCUT2D eigenvalue weighted by molar-refractivity contribution is 0.207. The summed E-state index contributed by atoms with van der Waals surface area (Å²) < 4.78 is 0. The first-order valence-corrected chi connectivity index (χ1v) is 6.46. The van der Waals surface area contributed by atoms with E-state index in [4.69, 9.17) is 28.3 Å². The molecule has 17 heavy (non-hydrogen) atoms. The van der Waals surface area contributed by atoms with Crippen molar-refractivity contribution in [2.75, 3.05) is 13.2 Å². The average Bonchev–Trinajstić information content (AvgIpc) is 2.23. The molecule has 96 valence electrons. The van der Waals surface area contributed by atoms with Crippen LogP contribution in [-0.4, -0.2) is 18.3 Å². The normalized spacial score (nSPS) is 11.8. The lowest BCUT2D eigenvalue weighted by Gasteiger charge is -2.24. The standard InChI is InChI=1S/C13H19Cl2NO/c1-13(2,5-6-17)9-16-8-10-7-11(14)3-4-12(10)15/h3-4,7,16-17H,5-6,8-9H2,1-2H3. The quantitative estimate of drug-likeness (QED) is 0.833. The van der Waals surface area contributed by atoms with Gasteiger partial charge in [-0.15, -0.1) is 0 Å². The molecule has 0 aliphatic rings. The molecule has 0 amide bonds. The Bertz CT molecular complexity index is 366. The van der Waals surface area contributed by atoms with E-state index in [0.717, 1.165) is 23.6 Å². The minimum Gasteiger partial charge on any atom is -0.396 e. The van der Waals surface area contributed by atoms with E-state index >= 15 is 0 Å². The van der Waals surface area contributed by atoms with Crippen LogP contribution in [0.25, 0.3) is 0 Å². The van der Waals surface area contributed by atoms with Gasteiger partial charge < -0.3 is 10.4 Å². The highest BCUT2D eigenvalue weighted by Crippen LogP contribution is 2.22. The number of benzene rings is 1. The summed E-state index contributed by atoms with van der Waals surface area (Å²) in [6.45, 7) is 5.98. The van der Waals surface area contributed by atoms with Crippen LogP contribution in [0, 0.1) is 5.41 Å². The fourth-order valence-corrected chi connectivity index (χ4v) is 1.98. The van der Waals surface area contributed by atoms with Crippen molar-refractivity contribution in [3.8, 4) is 0 Å². The number of rotatable bonds is 6. The van der Waals surface area contributed by atoms with Crippen LogP contribution in [0.4, 0.5) is 0 Å². The van der Waals surface area contributed by atoms with Crippen LogP contribution in [0.15, 0.2) is 18.2 Å². The summed E-state index contributed by atoms with van der Waals surface area (Å²) in [5, 5.41) is 13.7. The van der Waals surface area contributed by atoms with E-state index in [2.05, 4.69) is 19.2 Å². The van der Waals surface area contributed by atoms with E-state index in [1.807, 2.05) is 6.07 Å². The molecule has 1 aromatic rings. The van der Waals surface area contributed by atoms with Crippen molar-refractivity contribution in [1.29, 1.82) is 0 Å². The molecule has 0 aliphatic heterocycles. The highest BCUT2D eigenvalue weighted by Gasteiger charge is 2.16. The van der Waals surface area contributed by atoms with Crippen LogP contribution in [0.3, 0.4) is 0 Å². The second-order valence-corrected chi connectivity index (χ2v) is 5.82. The largest absolute Gasteiger partial charge is 0.396 e. The van der Waals surface area contributed by atoms with E-state index in [1.165, 1.54) is 0 Å². The van der Waals surface area contributed by atoms with Gasteiger partial charge in [-0.25, -0.2) is 0 Å². The molecular formula is C13H19Cl2NO. The highest BCUT2D eigenvalue weighted by molar-refractivity contribution is 6.33. The van der Waals surface area contributed by atoms with E-state index < -0.39 is 0 Å². The van der Waals surface area contributed by atoms with Crippen molar-refractivity contribution in [2.24, 2.45) is 5.41 Å². The van der Waals surface area contributed by atoms with Crippen LogP contribution in [-0.2, 0) is 6.54 Å². The summed E-state index contributed by atoms with van der Waals surface area (Å²) in [4.78, 5) is 0. The molecule has 0 heterocycles. The Labute approximate surface area is 113 Å². The molecular weight excluding hydrogens is 257 g/mol. The predicted octanol–water partition coefficient (Wildman–Crippen LogP) is 3.49. The topological polar surface area (TPSA) is 32.3 Å². The van der Waals surface area contributed by atoms with Crippen molar-refractivity contribution < 1.29 is 5.11 Å². The first kappa shape index (κ1) is 14.8. The maximum Gasteiger partial charge on any atom is 0.0451 e. The van der Waals surface area contributed by atoms with Gasteiger partial charge in [0.25, 0.3) is 0 Å². The first-order chi connectivity index (χ1) is 7.94. The van der Waals surface area contributed by atoms with Crippen molar-refractivity contribution in [3.05, 3.63) is 33.8 Å². The Morgan fingerprint density at radius 1 is 1.29 bits per heavy atom. The van der Waals surface area contributed by atoms with E-state index in [1.54, 1.807) is 12.1 Å². The van der Waals surface area contributed by atoms with Crippen LogP contribution >= 0.6 is 23.2 Å². The zero-order chi connectivity index (χ0) is 12.9. The zero-order valence-corrected chi connectivity index (χ0v) is 11.8. The lowest BCUT2D eigenvalue weighted by Crippen LogP contribution is -2.29. The monoisotopic (exact) mass is 275 g/mol. The molecule has 2 N–H and O–H groups in total. The van der Waals surface area contributed by atoms with E-state index in [0.29, 0.717) is 11.6 Å². The smallest absolute Gasteiger partial charge is 0.0451 e. The number of aliphatic hydroxyl groups excluding tert-OH is 1. The van der Waals surface area contributed by atoms with Gasteiger partial charge in [-0.3, -0.25) is 0 Å². The second kappa shape index (κ2) is 6.60. The Balaban J connectivity index is 2.48. The highest BCUT2D eigenvalue weighted by atomic mass is 35.5. The summed E-state index contributed by atoms with van der Waals surface area (Å²) >= 11 is 12.0. The van der Waals surface area contributed by atoms with Crippen LogP contribution in [0.1, 0.15) is 25.8 Å². The maximum absolute atomic E-state index is 8.93. The molecule has 0 bridgehead atoms. The summed E-state index contributed by atoms with van der Waals surface area (Å²) in [5.74, 6) is 0. The van der Waals surface area contributed by atoms with Crippen molar-refractivity contribution in [1.82, 2.24) is 5.32 Å². The van der Waals surface area contributed by atoms with Gasteiger partial charge in [0.15, 0.2) is 0 Å². The molecule has 0 saturated heterocycles. The Kier molecular flexibility index (Phi) is 5.74. The molecule has 4 heteroatoms. The fraction of sp³-hybridized carbons (Fsp3) is 0.538. The van der Waals surface area contributed by atoms with Gasteiger partial charge in [0.2, 0.25) is 0 Å². The number of halogens is 2. The third-order valence-electron chi connectivity index (χ3n) is 2.72. The molecule has 0 radical (unpaired) electrons. The van der Waals surface area contributed by atoms with Crippen LogP contribution in [0.2, 0.25) is 10.0 Å². The Morgan fingerprint density at radius 3 is 2.65 bits per heavy atom. The lowest BCUT2D eigenvalue weighted by atomic mass is 9.90. The molecule has 0 fully saturated rings. The summed E-state index contributed by atoms with van der Waals surface area (Å²) in [5.41, 5.74) is 1.08. The molecule has 0 aliphatic carbocycles. The molecule has 1 rings (SSSR count). The zero-order valence-electron chi connectivity index (χ0n) is 10.3. The van der Waals surface area contributed by atoms with Gasteiger partial charge in [0, 0.05) is 29.7 Å². The number of nitrogens with one attached hydrogen (secondary N) is 1. The van der Waals surface area contributed by atoms with Gasteiger partial charge in [-0.1, -0.05) is 37.0 Å². The molecule has 0 aromatic heterocycles. The minimum absolute atomic E-state index is 0.0831. The minimum atomic E-state index is 0.0831.